The molecule has 1 aromatic rings. The Hall–Kier alpha value is -2.09. The number of carbonyl (C=O) groups excluding carboxylic acids is 1. The second-order valence-corrected chi connectivity index (χ2v) is 7.87. The van der Waals surface area contributed by atoms with Gasteiger partial charge in [0, 0.05) is 38.8 Å². The van der Waals surface area contributed by atoms with E-state index in [-0.39, 0.29) is 0 Å². The summed E-state index contributed by atoms with van der Waals surface area (Å²) in [5.74, 6) is 2.40. The van der Waals surface area contributed by atoms with E-state index in [0.29, 0.717) is 23.9 Å². The number of carbonyl (C=O) groups is 1. The van der Waals surface area contributed by atoms with E-state index in [1.54, 1.807) is 6.20 Å². The van der Waals surface area contributed by atoms with Crippen molar-refractivity contribution in [1.29, 1.82) is 5.26 Å². The van der Waals surface area contributed by atoms with Crippen molar-refractivity contribution in [2.75, 3.05) is 31.1 Å². The molecule has 2 aliphatic heterocycles. The van der Waals surface area contributed by atoms with Gasteiger partial charge in [-0.1, -0.05) is 6.42 Å². The molecule has 1 amide bonds. The number of amides is 1. The van der Waals surface area contributed by atoms with Crippen molar-refractivity contribution in [3.8, 4) is 6.07 Å². The molecule has 2 saturated heterocycles. The first-order chi connectivity index (χ1) is 12.2. The third-order valence-corrected chi connectivity index (χ3v) is 6.39. The molecule has 0 N–H and O–H groups in total. The first-order valence-electron chi connectivity index (χ1n) is 9.62. The van der Waals surface area contributed by atoms with E-state index in [1.165, 1.54) is 19.3 Å². The lowest BCUT2D eigenvalue weighted by Crippen LogP contribution is -2.37. The Morgan fingerprint density at radius 2 is 1.92 bits per heavy atom. The smallest absolute Gasteiger partial charge is 0.222 e. The van der Waals surface area contributed by atoms with Gasteiger partial charge in [0.05, 0.1) is 5.69 Å². The molecule has 3 aliphatic rings. The maximum absolute atomic E-state index is 12.7. The summed E-state index contributed by atoms with van der Waals surface area (Å²) >= 11 is 0. The van der Waals surface area contributed by atoms with Gasteiger partial charge >= 0.3 is 0 Å². The van der Waals surface area contributed by atoms with Gasteiger partial charge in [-0.3, -0.25) is 4.79 Å². The fourth-order valence-electron chi connectivity index (χ4n) is 4.93. The summed E-state index contributed by atoms with van der Waals surface area (Å²) in [7, 11) is 0. The van der Waals surface area contributed by atoms with Gasteiger partial charge in [-0.25, -0.2) is 4.98 Å². The summed E-state index contributed by atoms with van der Waals surface area (Å²) in [6.45, 7) is 3.82. The molecule has 1 saturated carbocycles. The highest BCUT2D eigenvalue weighted by Gasteiger charge is 2.38. The van der Waals surface area contributed by atoms with Crippen LogP contribution in [-0.2, 0) is 4.79 Å². The van der Waals surface area contributed by atoms with Crippen molar-refractivity contribution >= 4 is 11.6 Å². The van der Waals surface area contributed by atoms with Gasteiger partial charge in [0.25, 0.3) is 0 Å². The molecule has 3 heterocycles. The lowest BCUT2D eigenvalue weighted by atomic mass is 9.92. The first kappa shape index (κ1) is 16.4. The second kappa shape index (κ2) is 7.03. The topological polar surface area (TPSA) is 60.2 Å². The minimum atomic E-state index is 0.368. The minimum absolute atomic E-state index is 0.368. The molecule has 5 heteroatoms. The number of piperidine rings is 1. The highest BCUT2D eigenvalue weighted by Crippen LogP contribution is 2.38. The van der Waals surface area contributed by atoms with Crippen LogP contribution in [0.15, 0.2) is 18.3 Å². The Labute approximate surface area is 149 Å². The van der Waals surface area contributed by atoms with E-state index in [1.807, 2.05) is 12.1 Å². The molecular weight excluding hydrogens is 312 g/mol. The standard InChI is InChI=1S/C20H26N4O/c21-12-18-19(5-2-8-22-18)23-9-6-15(7-10-23)11-20(25)24-13-16-3-1-4-17(16)14-24/h2,5,8,15-17H,1,3-4,6-7,9-11,13-14H2. The van der Waals surface area contributed by atoms with Crippen molar-refractivity contribution < 1.29 is 4.79 Å². The van der Waals surface area contributed by atoms with Gasteiger partial charge in [0.15, 0.2) is 5.69 Å². The third kappa shape index (κ3) is 3.35. The number of hydrogen-bond donors (Lipinski definition) is 0. The van der Waals surface area contributed by atoms with Crippen molar-refractivity contribution in [3.63, 3.8) is 0 Å². The number of nitrogens with zero attached hydrogens (tertiary/aromatic N) is 4. The van der Waals surface area contributed by atoms with Crippen LogP contribution in [0, 0.1) is 29.1 Å². The van der Waals surface area contributed by atoms with E-state index < -0.39 is 0 Å². The van der Waals surface area contributed by atoms with Crippen LogP contribution in [-0.4, -0.2) is 42.0 Å². The summed E-state index contributed by atoms with van der Waals surface area (Å²) in [5, 5.41) is 9.22. The molecule has 2 unspecified atom stereocenters. The highest BCUT2D eigenvalue weighted by molar-refractivity contribution is 5.77. The monoisotopic (exact) mass is 338 g/mol. The van der Waals surface area contributed by atoms with Crippen LogP contribution < -0.4 is 4.90 Å². The van der Waals surface area contributed by atoms with Gasteiger partial charge in [-0.15, -0.1) is 0 Å². The molecule has 25 heavy (non-hydrogen) atoms. The first-order valence-corrected chi connectivity index (χ1v) is 9.62. The van der Waals surface area contributed by atoms with Gasteiger partial charge in [-0.2, -0.15) is 5.26 Å². The molecule has 132 valence electrons. The molecule has 4 rings (SSSR count). The van der Waals surface area contributed by atoms with E-state index >= 15 is 0 Å². The maximum Gasteiger partial charge on any atom is 0.222 e. The number of aromatic nitrogens is 1. The quantitative estimate of drug-likeness (QED) is 0.850. The van der Waals surface area contributed by atoms with E-state index in [2.05, 4.69) is 20.9 Å². The zero-order chi connectivity index (χ0) is 17.2. The van der Waals surface area contributed by atoms with Crippen molar-refractivity contribution in [1.82, 2.24) is 9.88 Å². The van der Waals surface area contributed by atoms with E-state index in [9.17, 15) is 10.1 Å². The number of likely N-dealkylation sites (tertiary alicyclic amines) is 1. The van der Waals surface area contributed by atoms with Crippen LogP contribution in [0.4, 0.5) is 5.69 Å². The zero-order valence-corrected chi connectivity index (χ0v) is 14.7. The molecule has 0 radical (unpaired) electrons. The summed E-state index contributed by atoms with van der Waals surface area (Å²) in [6.07, 6.45) is 8.40. The van der Waals surface area contributed by atoms with Crippen LogP contribution in [0.2, 0.25) is 0 Å². The Morgan fingerprint density at radius 3 is 2.60 bits per heavy atom. The van der Waals surface area contributed by atoms with Gasteiger partial charge in [0.1, 0.15) is 6.07 Å². The van der Waals surface area contributed by atoms with Gasteiger partial charge in [-0.05, 0) is 55.6 Å². The highest BCUT2D eigenvalue weighted by atomic mass is 16.2. The van der Waals surface area contributed by atoms with E-state index in [0.717, 1.165) is 56.5 Å². The molecule has 2 atom stereocenters. The SMILES string of the molecule is N#Cc1ncccc1N1CCC(CC(=O)N2CC3CCCC3C2)CC1. The Bertz CT molecular complexity index is 663. The summed E-state index contributed by atoms with van der Waals surface area (Å²) in [6, 6.07) is 6.04. The number of pyridine rings is 1. The van der Waals surface area contributed by atoms with Crippen molar-refractivity contribution in [2.45, 2.75) is 38.5 Å². The fourth-order valence-corrected chi connectivity index (χ4v) is 4.93. The summed E-state index contributed by atoms with van der Waals surface area (Å²) < 4.78 is 0. The number of fused-ring (bicyclic) bond motifs is 1. The minimum Gasteiger partial charge on any atom is -0.369 e. The van der Waals surface area contributed by atoms with Crippen LogP contribution in [0.25, 0.3) is 0 Å². The summed E-state index contributed by atoms with van der Waals surface area (Å²) in [4.78, 5) is 21.2. The van der Waals surface area contributed by atoms with Crippen LogP contribution in [0.3, 0.4) is 0 Å². The molecule has 0 spiro atoms. The molecule has 0 bridgehead atoms. The third-order valence-electron chi connectivity index (χ3n) is 6.39. The number of nitriles is 1. The Morgan fingerprint density at radius 1 is 1.20 bits per heavy atom. The molecular formula is C20H26N4O. The normalized spacial score (nSPS) is 26.5. The Kier molecular flexibility index (Phi) is 4.61. The predicted molar refractivity (Wildman–Crippen MR) is 95.9 cm³/mol. The molecule has 0 aromatic carbocycles. The molecule has 1 aliphatic carbocycles. The van der Waals surface area contributed by atoms with E-state index in [4.69, 9.17) is 0 Å². The molecule has 5 nitrogen and oxygen atoms in total. The second-order valence-electron chi connectivity index (χ2n) is 7.87. The fraction of sp³-hybridized carbons (Fsp3) is 0.650. The van der Waals surface area contributed by atoms with Gasteiger partial charge in [0.2, 0.25) is 5.91 Å². The lowest BCUT2D eigenvalue weighted by molar-refractivity contribution is -0.131. The molecule has 1 aromatic heterocycles. The maximum atomic E-state index is 12.7. The summed E-state index contributed by atoms with van der Waals surface area (Å²) in [5.41, 5.74) is 1.43. The van der Waals surface area contributed by atoms with Crippen LogP contribution in [0.5, 0.6) is 0 Å². The van der Waals surface area contributed by atoms with Gasteiger partial charge < -0.3 is 9.80 Å². The predicted octanol–water partition coefficient (Wildman–Crippen LogP) is 2.82. The number of anilines is 1. The van der Waals surface area contributed by atoms with Crippen molar-refractivity contribution in [3.05, 3.63) is 24.0 Å². The van der Waals surface area contributed by atoms with Crippen molar-refractivity contribution in [2.24, 2.45) is 17.8 Å². The van der Waals surface area contributed by atoms with Crippen LogP contribution in [0.1, 0.15) is 44.2 Å². The molecule has 3 fully saturated rings. The largest absolute Gasteiger partial charge is 0.369 e. The number of rotatable bonds is 3. The lowest BCUT2D eigenvalue weighted by Gasteiger charge is -2.34. The number of hydrogen-bond acceptors (Lipinski definition) is 4. The van der Waals surface area contributed by atoms with Crippen LogP contribution >= 0.6 is 0 Å². The average molecular weight is 338 g/mol. The Balaban J connectivity index is 1.29. The zero-order valence-electron chi connectivity index (χ0n) is 14.7. The average Bonchev–Trinajstić information content (AvgIpc) is 3.24.